The molecule has 2 amide bonds. The van der Waals surface area contributed by atoms with Crippen LogP contribution in [0.5, 0.6) is 0 Å². The average molecular weight is 453 g/mol. The summed E-state index contributed by atoms with van der Waals surface area (Å²) in [5, 5.41) is 3.87. The maximum atomic E-state index is 13.1. The van der Waals surface area contributed by atoms with Crippen LogP contribution in [-0.2, 0) is 16.1 Å². The van der Waals surface area contributed by atoms with Crippen molar-refractivity contribution in [1.82, 2.24) is 10.2 Å². The van der Waals surface area contributed by atoms with Gasteiger partial charge in [0.2, 0.25) is 11.8 Å². The molecule has 1 atom stereocenters. The highest BCUT2D eigenvalue weighted by Gasteiger charge is 2.29. The van der Waals surface area contributed by atoms with Crippen LogP contribution in [0.4, 0.5) is 0 Å². The molecule has 0 fully saturated rings. The molecular weight excluding hydrogens is 427 g/mol. The molecule has 29 heavy (non-hydrogen) atoms. The smallest absolute Gasteiger partial charge is 0.242 e. The molecule has 0 aliphatic heterocycles. The van der Waals surface area contributed by atoms with Gasteiger partial charge < -0.3 is 10.2 Å². The predicted octanol–water partition coefficient (Wildman–Crippen LogP) is 5.42. The van der Waals surface area contributed by atoms with E-state index in [9.17, 15) is 9.59 Å². The quantitative estimate of drug-likeness (QED) is 0.570. The van der Waals surface area contributed by atoms with Crippen molar-refractivity contribution in [3.8, 4) is 0 Å². The van der Waals surface area contributed by atoms with Crippen LogP contribution in [-0.4, -0.2) is 34.0 Å². The van der Waals surface area contributed by atoms with E-state index in [-0.39, 0.29) is 24.1 Å². The number of benzene rings is 2. The van der Waals surface area contributed by atoms with Crippen LogP contribution in [0.3, 0.4) is 0 Å². The number of nitrogens with zero attached hydrogens (tertiary/aromatic N) is 1. The highest BCUT2D eigenvalue weighted by molar-refractivity contribution is 8.00. The van der Waals surface area contributed by atoms with Gasteiger partial charge >= 0.3 is 0 Å². The van der Waals surface area contributed by atoms with E-state index < -0.39 is 11.6 Å². The number of thioether (sulfide) groups is 1. The maximum Gasteiger partial charge on any atom is 0.242 e. The summed E-state index contributed by atoms with van der Waals surface area (Å²) in [5.41, 5.74) is 0.227. The molecule has 1 N–H and O–H groups in total. The average Bonchev–Trinajstić information content (AvgIpc) is 2.65. The van der Waals surface area contributed by atoms with Gasteiger partial charge in [0, 0.05) is 32.6 Å². The summed E-state index contributed by atoms with van der Waals surface area (Å²) in [6.07, 6.45) is 0. The second-order valence-corrected chi connectivity index (χ2v) is 9.60. The number of amides is 2. The maximum absolute atomic E-state index is 13.1. The van der Waals surface area contributed by atoms with Gasteiger partial charge in [-0.25, -0.2) is 0 Å². The first-order valence-corrected chi connectivity index (χ1v) is 11.0. The second-order valence-electron chi connectivity index (χ2n) is 7.74. The topological polar surface area (TPSA) is 49.4 Å². The van der Waals surface area contributed by atoms with Crippen LogP contribution >= 0.6 is 35.0 Å². The third-order valence-electron chi connectivity index (χ3n) is 4.16. The lowest BCUT2D eigenvalue weighted by Crippen LogP contribution is -2.52. The van der Waals surface area contributed by atoms with E-state index in [2.05, 4.69) is 5.32 Å². The van der Waals surface area contributed by atoms with E-state index in [1.54, 1.807) is 25.1 Å². The van der Waals surface area contributed by atoms with Crippen molar-refractivity contribution in [3.05, 3.63) is 64.1 Å². The molecule has 156 valence electrons. The summed E-state index contributed by atoms with van der Waals surface area (Å²) >= 11 is 14.1. The largest absolute Gasteiger partial charge is 0.350 e. The molecule has 0 radical (unpaired) electrons. The van der Waals surface area contributed by atoms with Crippen LogP contribution in [0.1, 0.15) is 33.3 Å². The summed E-state index contributed by atoms with van der Waals surface area (Å²) in [4.78, 5) is 28.4. The fourth-order valence-electron chi connectivity index (χ4n) is 2.66. The fraction of sp³-hybridized carbons (Fsp3) is 0.364. The number of carbonyl (C=O) groups is 2. The van der Waals surface area contributed by atoms with Gasteiger partial charge in [0.1, 0.15) is 6.04 Å². The Morgan fingerprint density at radius 3 is 2.17 bits per heavy atom. The normalized spacial score (nSPS) is 12.3. The first kappa shape index (κ1) is 23.6. The molecule has 4 nitrogen and oxygen atoms in total. The van der Waals surface area contributed by atoms with Crippen molar-refractivity contribution < 1.29 is 9.59 Å². The molecular formula is C22H26Cl2N2O2S. The summed E-state index contributed by atoms with van der Waals surface area (Å²) in [6, 6.07) is 14.2. The lowest BCUT2D eigenvalue weighted by molar-refractivity contribution is -0.139. The lowest BCUT2D eigenvalue weighted by Gasteiger charge is -2.32. The Balaban J connectivity index is 2.24. The van der Waals surface area contributed by atoms with E-state index in [1.165, 1.54) is 16.7 Å². The molecule has 0 spiro atoms. The number of hydrogen-bond acceptors (Lipinski definition) is 3. The molecule has 0 aromatic heterocycles. The summed E-state index contributed by atoms with van der Waals surface area (Å²) in [7, 11) is 0. The summed E-state index contributed by atoms with van der Waals surface area (Å²) in [6.45, 7) is 7.59. The molecule has 0 aliphatic carbocycles. The van der Waals surface area contributed by atoms with Gasteiger partial charge in [-0.05, 0) is 52.0 Å². The highest BCUT2D eigenvalue weighted by atomic mass is 35.5. The zero-order valence-electron chi connectivity index (χ0n) is 17.0. The molecule has 2 rings (SSSR count). The van der Waals surface area contributed by atoms with Crippen LogP contribution in [0.15, 0.2) is 53.4 Å². The Bertz CT molecular complexity index is 833. The molecule has 0 heterocycles. The van der Waals surface area contributed by atoms with Gasteiger partial charge in [-0.2, -0.15) is 0 Å². The Kier molecular flexibility index (Phi) is 8.44. The Hall–Kier alpha value is -1.69. The van der Waals surface area contributed by atoms with E-state index in [4.69, 9.17) is 23.2 Å². The molecule has 2 aromatic carbocycles. The van der Waals surface area contributed by atoms with Crippen LogP contribution in [0, 0.1) is 0 Å². The minimum absolute atomic E-state index is 0.158. The summed E-state index contributed by atoms with van der Waals surface area (Å²) in [5.74, 6) is -0.177. The van der Waals surface area contributed by atoms with Crippen LogP contribution in [0.2, 0.25) is 10.0 Å². The van der Waals surface area contributed by atoms with Gasteiger partial charge in [-0.15, -0.1) is 11.8 Å². The highest BCUT2D eigenvalue weighted by Crippen LogP contribution is 2.27. The third-order valence-corrected chi connectivity index (χ3v) is 5.87. The van der Waals surface area contributed by atoms with E-state index in [0.717, 1.165) is 4.90 Å². The molecule has 0 aliphatic rings. The number of halogens is 2. The zero-order valence-corrected chi connectivity index (χ0v) is 19.4. The minimum Gasteiger partial charge on any atom is -0.350 e. The molecule has 0 saturated carbocycles. The second kappa shape index (κ2) is 10.4. The van der Waals surface area contributed by atoms with Gasteiger partial charge in [0.05, 0.1) is 5.75 Å². The van der Waals surface area contributed by atoms with Crippen molar-refractivity contribution in [1.29, 1.82) is 0 Å². The molecule has 2 aromatic rings. The predicted molar refractivity (Wildman–Crippen MR) is 122 cm³/mol. The van der Waals surface area contributed by atoms with E-state index in [0.29, 0.717) is 15.6 Å². The molecule has 0 bridgehead atoms. The number of hydrogen-bond donors (Lipinski definition) is 1. The number of nitrogens with one attached hydrogen (secondary N) is 1. The standard InChI is InChI=1S/C22H26Cl2N2O2S/c1-15(21(28)25-22(2,3)4)26(13-17-18(23)11-8-12-19(17)24)20(27)14-29-16-9-6-5-7-10-16/h5-12,15H,13-14H2,1-4H3,(H,25,28)/t15-/m0/s1. The van der Waals surface area contributed by atoms with E-state index in [1.807, 2.05) is 51.1 Å². The Labute approximate surface area is 187 Å². The van der Waals surface area contributed by atoms with Crippen molar-refractivity contribution in [2.24, 2.45) is 0 Å². The zero-order chi connectivity index (χ0) is 21.6. The van der Waals surface area contributed by atoms with Crippen LogP contribution in [0.25, 0.3) is 0 Å². The van der Waals surface area contributed by atoms with Crippen molar-refractivity contribution in [2.45, 2.75) is 50.7 Å². The first-order chi connectivity index (χ1) is 13.6. The SMILES string of the molecule is C[C@@H](C(=O)NC(C)(C)C)N(Cc1c(Cl)cccc1Cl)C(=O)CSc1ccccc1. The van der Waals surface area contributed by atoms with Gasteiger partial charge in [0.25, 0.3) is 0 Å². The van der Waals surface area contributed by atoms with Gasteiger partial charge in [0.15, 0.2) is 0 Å². The third kappa shape index (κ3) is 7.25. The van der Waals surface area contributed by atoms with Gasteiger partial charge in [-0.3, -0.25) is 9.59 Å². The molecule has 7 heteroatoms. The first-order valence-electron chi connectivity index (χ1n) is 9.30. The summed E-state index contributed by atoms with van der Waals surface area (Å²) < 4.78 is 0. The van der Waals surface area contributed by atoms with Crippen molar-refractivity contribution in [2.75, 3.05) is 5.75 Å². The Morgan fingerprint density at radius 1 is 1.03 bits per heavy atom. The number of rotatable bonds is 7. The van der Waals surface area contributed by atoms with Gasteiger partial charge in [-0.1, -0.05) is 47.5 Å². The van der Waals surface area contributed by atoms with E-state index >= 15 is 0 Å². The Morgan fingerprint density at radius 2 is 1.62 bits per heavy atom. The van der Waals surface area contributed by atoms with Crippen molar-refractivity contribution in [3.63, 3.8) is 0 Å². The fourth-order valence-corrected chi connectivity index (χ4v) is 3.98. The number of carbonyl (C=O) groups excluding carboxylic acids is 2. The minimum atomic E-state index is -0.676. The monoisotopic (exact) mass is 452 g/mol. The van der Waals surface area contributed by atoms with Crippen LogP contribution < -0.4 is 5.32 Å². The molecule has 0 saturated heterocycles. The molecule has 0 unspecified atom stereocenters. The lowest BCUT2D eigenvalue weighted by atomic mass is 10.1. The van der Waals surface area contributed by atoms with Crippen molar-refractivity contribution >= 4 is 46.8 Å².